The minimum Gasteiger partial charge on any atom is -0.478 e. The highest BCUT2D eigenvalue weighted by Gasteiger charge is 2.19. The zero-order valence-corrected chi connectivity index (χ0v) is 13.9. The first-order valence-electron chi connectivity index (χ1n) is 6.82. The van der Waals surface area contributed by atoms with E-state index >= 15 is 0 Å². The number of carbonyl (C=O) groups is 1. The lowest BCUT2D eigenvalue weighted by molar-refractivity contribution is -0.131. The molecule has 0 unspecified atom stereocenters. The normalized spacial score (nSPS) is 11.8. The van der Waals surface area contributed by atoms with E-state index < -0.39 is 16.0 Å². The van der Waals surface area contributed by atoms with Gasteiger partial charge in [-0.2, -0.15) is 8.42 Å². The monoisotopic (exact) mass is 360 g/mol. The average molecular weight is 360 g/mol. The lowest BCUT2D eigenvalue weighted by Crippen LogP contribution is -2.08. The van der Waals surface area contributed by atoms with Gasteiger partial charge >= 0.3 is 5.97 Å². The van der Waals surface area contributed by atoms with Crippen LogP contribution in [0.4, 0.5) is 0 Å². The van der Waals surface area contributed by atoms with Gasteiger partial charge in [0, 0.05) is 24.7 Å². The first-order chi connectivity index (χ1) is 11.5. The van der Waals surface area contributed by atoms with Crippen LogP contribution in [0.15, 0.2) is 65.3 Å². The number of hydrogen-bond donors (Lipinski definition) is 1. The Morgan fingerprint density at radius 3 is 2.75 bits per heavy atom. The largest absolute Gasteiger partial charge is 0.478 e. The summed E-state index contributed by atoms with van der Waals surface area (Å²) in [5, 5.41) is 8.61. The lowest BCUT2D eigenvalue weighted by atomic mass is 10.3. The highest BCUT2D eigenvalue weighted by atomic mass is 32.2. The van der Waals surface area contributed by atoms with E-state index in [1.165, 1.54) is 30.6 Å². The number of rotatable bonds is 5. The topological polar surface area (TPSA) is 89.3 Å². The van der Waals surface area contributed by atoms with Crippen molar-refractivity contribution in [2.75, 3.05) is 0 Å². The molecule has 3 aromatic rings. The Labute approximate surface area is 142 Å². The third-order valence-corrected chi connectivity index (χ3v) is 6.35. The molecule has 8 heteroatoms. The number of nitrogens with zero attached hydrogens (tertiary/aromatic N) is 2. The maximum absolute atomic E-state index is 12.6. The van der Waals surface area contributed by atoms with Gasteiger partial charge in [0.2, 0.25) is 0 Å². The highest BCUT2D eigenvalue weighted by Crippen LogP contribution is 2.30. The zero-order valence-electron chi connectivity index (χ0n) is 12.2. The molecule has 0 spiro atoms. The Hall–Kier alpha value is -2.71. The number of carboxylic acids is 1. The fraction of sp³-hybridized carbons (Fsp3) is 0. The number of carboxylic acid groups (broad SMARTS) is 1. The predicted molar refractivity (Wildman–Crippen MR) is 91.2 cm³/mol. The van der Waals surface area contributed by atoms with Crippen molar-refractivity contribution in [3.63, 3.8) is 0 Å². The van der Waals surface area contributed by atoms with Crippen molar-refractivity contribution in [3.8, 4) is 10.6 Å². The van der Waals surface area contributed by atoms with Crippen molar-refractivity contribution in [1.82, 2.24) is 8.96 Å². The van der Waals surface area contributed by atoms with Gasteiger partial charge in [0.1, 0.15) is 4.21 Å². The summed E-state index contributed by atoms with van der Waals surface area (Å²) in [6.07, 6.45) is 6.70. The molecular formula is C16H12N2O4S2. The van der Waals surface area contributed by atoms with Crippen LogP contribution in [0.3, 0.4) is 0 Å². The number of hydrogen-bond acceptors (Lipinski definition) is 5. The fourth-order valence-electron chi connectivity index (χ4n) is 2.02. The molecule has 1 N–H and O–H groups in total. The molecule has 0 radical (unpaired) electrons. The van der Waals surface area contributed by atoms with Gasteiger partial charge in [-0.3, -0.25) is 4.98 Å². The average Bonchev–Trinajstić information content (AvgIpc) is 3.24. The molecule has 0 atom stereocenters. The van der Waals surface area contributed by atoms with E-state index in [1.54, 1.807) is 18.3 Å². The molecule has 0 bridgehead atoms. The van der Waals surface area contributed by atoms with Gasteiger partial charge in [-0.05, 0) is 42.0 Å². The van der Waals surface area contributed by atoms with Gasteiger partial charge in [0.25, 0.3) is 10.0 Å². The molecule has 0 amide bonds. The summed E-state index contributed by atoms with van der Waals surface area (Å²) >= 11 is 1.13. The molecule has 0 aliphatic heterocycles. The van der Waals surface area contributed by atoms with Crippen molar-refractivity contribution in [3.05, 3.63) is 66.6 Å². The molecule has 0 aromatic carbocycles. The fourth-order valence-corrected chi connectivity index (χ4v) is 4.61. The molecule has 122 valence electrons. The summed E-state index contributed by atoms with van der Waals surface area (Å²) in [6.45, 7) is 0. The zero-order chi connectivity index (χ0) is 17.2. The van der Waals surface area contributed by atoms with Crippen LogP contribution in [0, 0.1) is 0 Å². The lowest BCUT2D eigenvalue weighted by Gasteiger charge is -2.02. The van der Waals surface area contributed by atoms with Crippen LogP contribution in [0.5, 0.6) is 0 Å². The Balaban J connectivity index is 1.92. The van der Waals surface area contributed by atoms with Gasteiger partial charge < -0.3 is 5.11 Å². The first-order valence-corrected chi connectivity index (χ1v) is 9.08. The van der Waals surface area contributed by atoms with E-state index in [1.807, 2.05) is 12.1 Å². The molecule has 24 heavy (non-hydrogen) atoms. The number of aromatic nitrogens is 2. The number of aliphatic carboxylic acids is 1. The number of pyridine rings is 1. The molecule has 3 aromatic heterocycles. The van der Waals surface area contributed by atoms with Gasteiger partial charge in [0.15, 0.2) is 0 Å². The van der Waals surface area contributed by atoms with E-state index in [0.717, 1.165) is 26.3 Å². The Morgan fingerprint density at radius 2 is 2.04 bits per heavy atom. The van der Waals surface area contributed by atoms with Crippen molar-refractivity contribution in [2.45, 2.75) is 4.21 Å². The quantitative estimate of drug-likeness (QED) is 0.707. The Bertz CT molecular complexity index is 1000. The SMILES string of the molecule is O=C(O)C=Cc1ccn(S(=O)(=O)c2ccc(-c3ccccn3)s2)c1. The maximum Gasteiger partial charge on any atom is 0.328 e. The van der Waals surface area contributed by atoms with Crippen molar-refractivity contribution >= 4 is 33.4 Å². The van der Waals surface area contributed by atoms with E-state index in [0.29, 0.717) is 11.3 Å². The van der Waals surface area contributed by atoms with E-state index in [-0.39, 0.29) is 4.21 Å². The smallest absolute Gasteiger partial charge is 0.328 e. The second-order valence-electron chi connectivity index (χ2n) is 4.79. The minimum absolute atomic E-state index is 0.188. The van der Waals surface area contributed by atoms with Crippen molar-refractivity contribution < 1.29 is 18.3 Å². The Kier molecular flexibility index (Phi) is 4.32. The van der Waals surface area contributed by atoms with Crippen LogP contribution in [-0.2, 0) is 14.8 Å². The summed E-state index contributed by atoms with van der Waals surface area (Å²) in [5.74, 6) is -1.09. The molecule has 0 fully saturated rings. The second kappa shape index (κ2) is 6.42. The summed E-state index contributed by atoms with van der Waals surface area (Å²) < 4.78 is 26.5. The van der Waals surface area contributed by atoms with Gasteiger partial charge in [-0.15, -0.1) is 11.3 Å². The van der Waals surface area contributed by atoms with E-state index in [4.69, 9.17) is 5.11 Å². The van der Waals surface area contributed by atoms with Gasteiger partial charge in [-0.25, -0.2) is 8.77 Å². The molecule has 0 aliphatic carbocycles. The first kappa shape index (κ1) is 16.2. The molecule has 0 saturated heterocycles. The third-order valence-electron chi connectivity index (χ3n) is 3.14. The molecule has 3 rings (SSSR count). The van der Waals surface area contributed by atoms with Crippen LogP contribution in [-0.4, -0.2) is 28.5 Å². The molecular weight excluding hydrogens is 348 g/mol. The van der Waals surface area contributed by atoms with Gasteiger partial charge in [0.05, 0.1) is 10.6 Å². The Morgan fingerprint density at radius 1 is 1.21 bits per heavy atom. The second-order valence-corrected chi connectivity index (χ2v) is 7.94. The highest BCUT2D eigenvalue weighted by molar-refractivity contribution is 7.92. The van der Waals surface area contributed by atoms with Gasteiger partial charge in [-0.1, -0.05) is 6.07 Å². The summed E-state index contributed by atoms with van der Waals surface area (Å²) in [5.41, 5.74) is 1.20. The predicted octanol–water partition coefficient (Wildman–Crippen LogP) is 2.95. The molecule has 3 heterocycles. The van der Waals surface area contributed by atoms with E-state index in [2.05, 4.69) is 4.98 Å². The van der Waals surface area contributed by atoms with Crippen LogP contribution < -0.4 is 0 Å². The summed E-state index contributed by atoms with van der Waals surface area (Å²) in [4.78, 5) is 15.5. The van der Waals surface area contributed by atoms with Crippen molar-refractivity contribution in [1.29, 1.82) is 0 Å². The third kappa shape index (κ3) is 3.29. The standard InChI is InChI=1S/C16H12N2O4S2/c19-15(20)6-4-12-8-10-18(11-12)24(21,22)16-7-5-14(23-16)13-3-1-2-9-17-13/h1-11H,(H,19,20). The maximum atomic E-state index is 12.6. The van der Waals surface area contributed by atoms with Crippen molar-refractivity contribution in [2.24, 2.45) is 0 Å². The van der Waals surface area contributed by atoms with Crippen LogP contribution in [0.25, 0.3) is 16.6 Å². The number of thiophene rings is 1. The van der Waals surface area contributed by atoms with Crippen LogP contribution in [0.2, 0.25) is 0 Å². The van der Waals surface area contributed by atoms with Crippen LogP contribution >= 0.6 is 11.3 Å². The van der Waals surface area contributed by atoms with Crippen LogP contribution in [0.1, 0.15) is 5.56 Å². The minimum atomic E-state index is -3.72. The summed E-state index contributed by atoms with van der Waals surface area (Å²) in [6, 6.07) is 10.2. The summed E-state index contributed by atoms with van der Waals surface area (Å²) in [7, 11) is -3.72. The van der Waals surface area contributed by atoms with E-state index in [9.17, 15) is 13.2 Å². The molecule has 0 saturated carbocycles. The molecule has 0 aliphatic rings. The molecule has 6 nitrogen and oxygen atoms in total.